The van der Waals surface area contributed by atoms with Crippen LogP contribution in [0.3, 0.4) is 0 Å². The van der Waals surface area contributed by atoms with E-state index in [1.54, 1.807) is 0 Å². The molecule has 0 bridgehead atoms. The van der Waals surface area contributed by atoms with Gasteiger partial charge in [0.25, 0.3) is 0 Å². The first-order chi connectivity index (χ1) is 11.3. The highest BCUT2D eigenvalue weighted by Gasteiger charge is 2.09. The van der Waals surface area contributed by atoms with E-state index in [1.807, 2.05) is 48.8 Å². The van der Waals surface area contributed by atoms with Crippen molar-refractivity contribution in [1.29, 1.82) is 0 Å². The Bertz CT molecular complexity index is 961. The van der Waals surface area contributed by atoms with Crippen molar-refractivity contribution in [3.63, 3.8) is 0 Å². The lowest BCUT2D eigenvalue weighted by atomic mass is 10.0. The van der Waals surface area contributed by atoms with E-state index in [2.05, 4.69) is 47.2 Å². The van der Waals surface area contributed by atoms with Gasteiger partial charge in [0.15, 0.2) is 0 Å². The second-order valence-electron chi connectivity index (χ2n) is 5.64. The molecule has 0 amide bonds. The van der Waals surface area contributed by atoms with Gasteiger partial charge in [-0.15, -0.1) is 0 Å². The molecule has 0 spiro atoms. The Balaban J connectivity index is 1.95. The number of aryl methyl sites for hydroxylation is 1. The van der Waals surface area contributed by atoms with Crippen molar-refractivity contribution in [2.75, 3.05) is 0 Å². The lowest BCUT2D eigenvalue weighted by molar-refractivity contribution is 1.28. The average Bonchev–Trinajstić information content (AvgIpc) is 2.63. The highest BCUT2D eigenvalue weighted by atomic mass is 14.7. The van der Waals surface area contributed by atoms with Gasteiger partial charge in [-0.1, -0.05) is 60.7 Å². The van der Waals surface area contributed by atoms with Gasteiger partial charge in [0.2, 0.25) is 0 Å². The molecule has 2 heteroatoms. The molecule has 0 saturated carbocycles. The number of aromatic nitrogens is 2. The normalized spacial score (nSPS) is 10.8. The highest BCUT2D eigenvalue weighted by molar-refractivity contribution is 5.97. The molecule has 2 heterocycles. The van der Waals surface area contributed by atoms with Crippen molar-refractivity contribution in [3.05, 3.63) is 84.7 Å². The molecule has 2 aromatic carbocycles. The van der Waals surface area contributed by atoms with E-state index in [-0.39, 0.29) is 0 Å². The average molecular weight is 296 g/mol. The first kappa shape index (κ1) is 13.6. The maximum absolute atomic E-state index is 4.66. The van der Waals surface area contributed by atoms with Gasteiger partial charge in [-0.3, -0.25) is 9.97 Å². The van der Waals surface area contributed by atoms with E-state index >= 15 is 0 Å². The van der Waals surface area contributed by atoms with Gasteiger partial charge in [-0.25, -0.2) is 0 Å². The van der Waals surface area contributed by atoms with Crippen LogP contribution in [0.2, 0.25) is 0 Å². The molecule has 0 radical (unpaired) electrons. The summed E-state index contributed by atoms with van der Waals surface area (Å²) in [5.41, 5.74) is 5.39. The summed E-state index contributed by atoms with van der Waals surface area (Å²) in [6.07, 6.45) is 3.89. The fourth-order valence-corrected chi connectivity index (χ4v) is 2.86. The predicted octanol–water partition coefficient (Wildman–Crippen LogP) is 5.27. The molecule has 0 aliphatic heterocycles. The van der Waals surface area contributed by atoms with Gasteiger partial charge in [-0.05, 0) is 23.9 Å². The van der Waals surface area contributed by atoms with Gasteiger partial charge in [-0.2, -0.15) is 0 Å². The SMILES string of the molecule is Cc1cnc(-c2ccccc2)c2cnc(-c3ccccc3)cc12. The van der Waals surface area contributed by atoms with Crippen molar-refractivity contribution in [1.82, 2.24) is 9.97 Å². The lowest BCUT2D eigenvalue weighted by Gasteiger charge is -2.10. The van der Waals surface area contributed by atoms with Crippen LogP contribution in [-0.2, 0) is 0 Å². The number of pyridine rings is 2. The Hall–Kier alpha value is -3.00. The van der Waals surface area contributed by atoms with Gasteiger partial charge >= 0.3 is 0 Å². The first-order valence-corrected chi connectivity index (χ1v) is 7.69. The largest absolute Gasteiger partial charge is 0.256 e. The summed E-state index contributed by atoms with van der Waals surface area (Å²) < 4.78 is 0. The zero-order chi connectivity index (χ0) is 15.6. The summed E-state index contributed by atoms with van der Waals surface area (Å²) >= 11 is 0. The smallest absolute Gasteiger partial charge is 0.0796 e. The second-order valence-corrected chi connectivity index (χ2v) is 5.64. The molecule has 0 unspecified atom stereocenters. The fourth-order valence-electron chi connectivity index (χ4n) is 2.86. The molecule has 0 aliphatic rings. The summed E-state index contributed by atoms with van der Waals surface area (Å²) in [6.45, 7) is 2.10. The van der Waals surface area contributed by atoms with E-state index in [9.17, 15) is 0 Å². The van der Waals surface area contributed by atoms with E-state index in [0.29, 0.717) is 0 Å². The molecule has 2 nitrogen and oxygen atoms in total. The Morgan fingerprint density at radius 2 is 1.30 bits per heavy atom. The molecule has 0 N–H and O–H groups in total. The van der Waals surface area contributed by atoms with Gasteiger partial charge in [0.05, 0.1) is 11.4 Å². The van der Waals surface area contributed by atoms with Gasteiger partial charge in [0.1, 0.15) is 0 Å². The lowest BCUT2D eigenvalue weighted by Crippen LogP contribution is -1.92. The van der Waals surface area contributed by atoms with Gasteiger partial charge < -0.3 is 0 Å². The monoisotopic (exact) mass is 296 g/mol. The van der Waals surface area contributed by atoms with Crippen LogP contribution in [0.5, 0.6) is 0 Å². The molecular weight excluding hydrogens is 280 g/mol. The number of nitrogens with zero attached hydrogens (tertiary/aromatic N) is 2. The Kier molecular flexibility index (Phi) is 3.35. The van der Waals surface area contributed by atoms with Crippen LogP contribution in [0.1, 0.15) is 5.56 Å². The molecular formula is C21H16N2. The molecule has 0 saturated heterocycles. The zero-order valence-electron chi connectivity index (χ0n) is 12.9. The second kappa shape index (κ2) is 5.65. The van der Waals surface area contributed by atoms with Gasteiger partial charge in [0, 0.05) is 28.9 Å². The molecule has 0 aliphatic carbocycles. The van der Waals surface area contributed by atoms with Crippen LogP contribution in [0.4, 0.5) is 0 Å². The van der Waals surface area contributed by atoms with E-state index in [0.717, 1.165) is 27.9 Å². The summed E-state index contributed by atoms with van der Waals surface area (Å²) in [7, 11) is 0. The number of hydrogen-bond acceptors (Lipinski definition) is 2. The predicted molar refractivity (Wildman–Crippen MR) is 95.1 cm³/mol. The van der Waals surface area contributed by atoms with Crippen molar-refractivity contribution >= 4 is 10.8 Å². The maximum atomic E-state index is 4.66. The van der Waals surface area contributed by atoms with Crippen molar-refractivity contribution in [2.24, 2.45) is 0 Å². The van der Waals surface area contributed by atoms with Crippen LogP contribution < -0.4 is 0 Å². The Morgan fingerprint density at radius 1 is 0.652 bits per heavy atom. The third kappa shape index (κ3) is 2.49. The number of benzene rings is 2. The van der Waals surface area contributed by atoms with Crippen LogP contribution in [0, 0.1) is 6.92 Å². The summed E-state index contributed by atoms with van der Waals surface area (Å²) in [5, 5.41) is 2.29. The van der Waals surface area contributed by atoms with Crippen LogP contribution in [0.15, 0.2) is 79.1 Å². The van der Waals surface area contributed by atoms with Crippen LogP contribution >= 0.6 is 0 Å². The number of rotatable bonds is 2. The quantitative estimate of drug-likeness (QED) is 0.503. The third-order valence-electron chi connectivity index (χ3n) is 4.09. The molecule has 4 rings (SSSR count). The van der Waals surface area contributed by atoms with E-state index in [4.69, 9.17) is 0 Å². The molecule has 2 aromatic heterocycles. The standard InChI is InChI=1S/C21H16N2/c1-15-13-23-21(17-10-6-3-7-11-17)19-14-22-20(12-18(15)19)16-8-4-2-5-9-16/h2-14H,1H3. The van der Waals surface area contributed by atoms with E-state index < -0.39 is 0 Å². The summed E-state index contributed by atoms with van der Waals surface area (Å²) in [5.74, 6) is 0. The topological polar surface area (TPSA) is 25.8 Å². The first-order valence-electron chi connectivity index (χ1n) is 7.69. The molecule has 4 aromatic rings. The van der Waals surface area contributed by atoms with Crippen molar-refractivity contribution in [2.45, 2.75) is 6.92 Å². The fraction of sp³-hybridized carbons (Fsp3) is 0.0476. The van der Waals surface area contributed by atoms with Crippen LogP contribution in [-0.4, -0.2) is 9.97 Å². The third-order valence-corrected chi connectivity index (χ3v) is 4.09. The van der Waals surface area contributed by atoms with Crippen LogP contribution in [0.25, 0.3) is 33.3 Å². The minimum atomic E-state index is 0.985. The zero-order valence-corrected chi connectivity index (χ0v) is 12.9. The summed E-state index contributed by atoms with van der Waals surface area (Å²) in [4.78, 5) is 9.30. The molecule has 110 valence electrons. The van der Waals surface area contributed by atoms with Crippen molar-refractivity contribution < 1.29 is 0 Å². The van der Waals surface area contributed by atoms with E-state index in [1.165, 1.54) is 10.9 Å². The van der Waals surface area contributed by atoms with Crippen molar-refractivity contribution in [3.8, 4) is 22.5 Å². The Labute approximate surface area is 135 Å². The molecule has 23 heavy (non-hydrogen) atoms. The minimum absolute atomic E-state index is 0.985. The number of fused-ring (bicyclic) bond motifs is 1. The maximum Gasteiger partial charge on any atom is 0.0796 e. The molecule has 0 atom stereocenters. The minimum Gasteiger partial charge on any atom is -0.256 e. The molecule has 0 fully saturated rings. The number of hydrogen-bond donors (Lipinski definition) is 0. The highest BCUT2D eigenvalue weighted by Crippen LogP contribution is 2.30. The summed E-state index contributed by atoms with van der Waals surface area (Å²) in [6, 6.07) is 22.7. The Morgan fingerprint density at radius 3 is 2.00 bits per heavy atom.